The van der Waals surface area contributed by atoms with Gasteiger partial charge in [0.05, 0.1) is 0 Å². The Hall–Kier alpha value is -1.65. The molecule has 0 aliphatic heterocycles. The van der Waals surface area contributed by atoms with Crippen molar-refractivity contribution >= 4 is 5.91 Å². The van der Waals surface area contributed by atoms with E-state index in [0.29, 0.717) is 24.7 Å². The van der Waals surface area contributed by atoms with Gasteiger partial charge in [0.15, 0.2) is 0 Å². The van der Waals surface area contributed by atoms with Crippen molar-refractivity contribution in [3.8, 4) is 0 Å². The first-order valence-electron chi connectivity index (χ1n) is 6.91. The smallest absolute Gasteiger partial charge is 0.271 e. The number of aromatic nitrogens is 2. The van der Waals surface area contributed by atoms with E-state index in [9.17, 15) is 9.59 Å². The van der Waals surface area contributed by atoms with E-state index in [1.807, 2.05) is 6.92 Å². The van der Waals surface area contributed by atoms with Gasteiger partial charge >= 0.3 is 0 Å². The van der Waals surface area contributed by atoms with E-state index in [-0.39, 0.29) is 11.5 Å². The van der Waals surface area contributed by atoms with E-state index in [1.165, 1.54) is 16.8 Å². The molecule has 1 heterocycles. The molecule has 0 saturated heterocycles. The summed E-state index contributed by atoms with van der Waals surface area (Å²) in [7, 11) is 0. The van der Waals surface area contributed by atoms with Gasteiger partial charge in [-0.25, -0.2) is 4.68 Å². The van der Waals surface area contributed by atoms with E-state index in [2.05, 4.69) is 24.3 Å². The summed E-state index contributed by atoms with van der Waals surface area (Å²) in [6.45, 7) is 7.45. The standard InChI is InChI=1S/C14H23N3O2/c1-4-5-10-17-13(18)7-6-12(16-17)14(19)15-9-8-11(2)3/h6-7,11H,4-5,8-10H2,1-3H3,(H,15,19). The third-order valence-corrected chi connectivity index (χ3v) is 2.83. The summed E-state index contributed by atoms with van der Waals surface area (Å²) in [4.78, 5) is 23.4. The number of carbonyl (C=O) groups is 1. The molecule has 1 amide bonds. The molecule has 0 saturated carbocycles. The second-order valence-electron chi connectivity index (χ2n) is 5.07. The van der Waals surface area contributed by atoms with Gasteiger partial charge in [-0.2, -0.15) is 5.10 Å². The molecular formula is C14H23N3O2. The van der Waals surface area contributed by atoms with Crippen LogP contribution in [0.2, 0.25) is 0 Å². The van der Waals surface area contributed by atoms with Crippen LogP contribution in [-0.2, 0) is 6.54 Å². The second kappa shape index (κ2) is 7.71. The summed E-state index contributed by atoms with van der Waals surface area (Å²) >= 11 is 0. The minimum Gasteiger partial charge on any atom is -0.351 e. The van der Waals surface area contributed by atoms with Crippen LogP contribution >= 0.6 is 0 Å². The minimum absolute atomic E-state index is 0.160. The summed E-state index contributed by atoms with van der Waals surface area (Å²) in [5.74, 6) is 0.331. The number of unbranched alkanes of at least 4 members (excludes halogenated alkanes) is 1. The Balaban J connectivity index is 2.67. The van der Waals surface area contributed by atoms with Crippen LogP contribution < -0.4 is 10.9 Å². The zero-order valence-corrected chi connectivity index (χ0v) is 12.0. The van der Waals surface area contributed by atoms with Crippen molar-refractivity contribution in [3.05, 3.63) is 28.2 Å². The van der Waals surface area contributed by atoms with Crippen LogP contribution in [0.5, 0.6) is 0 Å². The molecule has 0 aromatic carbocycles. The number of nitrogens with one attached hydrogen (secondary N) is 1. The first-order chi connectivity index (χ1) is 9.04. The quantitative estimate of drug-likeness (QED) is 0.818. The van der Waals surface area contributed by atoms with E-state index in [0.717, 1.165) is 19.3 Å². The Morgan fingerprint density at radius 3 is 2.79 bits per heavy atom. The lowest BCUT2D eigenvalue weighted by molar-refractivity contribution is 0.0944. The SMILES string of the molecule is CCCCn1nc(C(=O)NCCC(C)C)ccc1=O. The van der Waals surface area contributed by atoms with Gasteiger partial charge in [0, 0.05) is 19.2 Å². The maximum absolute atomic E-state index is 11.9. The first kappa shape index (κ1) is 15.4. The van der Waals surface area contributed by atoms with Gasteiger partial charge < -0.3 is 5.32 Å². The third kappa shape index (κ3) is 5.24. The summed E-state index contributed by atoms with van der Waals surface area (Å²) in [5.41, 5.74) is 0.145. The summed E-state index contributed by atoms with van der Waals surface area (Å²) in [6.07, 6.45) is 2.80. The van der Waals surface area contributed by atoms with Crippen molar-refractivity contribution < 1.29 is 4.79 Å². The lowest BCUT2D eigenvalue weighted by Gasteiger charge is -2.08. The van der Waals surface area contributed by atoms with Crippen molar-refractivity contribution in [2.75, 3.05) is 6.54 Å². The minimum atomic E-state index is -0.217. The van der Waals surface area contributed by atoms with Crippen molar-refractivity contribution in [1.82, 2.24) is 15.1 Å². The lowest BCUT2D eigenvalue weighted by atomic mass is 10.1. The molecule has 0 unspecified atom stereocenters. The van der Waals surface area contributed by atoms with Gasteiger partial charge in [0.25, 0.3) is 11.5 Å². The summed E-state index contributed by atoms with van der Waals surface area (Å²) in [5, 5.41) is 6.92. The van der Waals surface area contributed by atoms with Crippen LogP contribution in [0, 0.1) is 5.92 Å². The molecule has 0 aliphatic rings. The Kier molecular flexibility index (Phi) is 6.25. The molecule has 0 spiro atoms. The molecule has 19 heavy (non-hydrogen) atoms. The molecule has 0 radical (unpaired) electrons. The molecule has 106 valence electrons. The van der Waals surface area contributed by atoms with E-state index < -0.39 is 0 Å². The summed E-state index contributed by atoms with van der Waals surface area (Å²) in [6, 6.07) is 2.88. The average Bonchev–Trinajstić information content (AvgIpc) is 2.37. The van der Waals surface area contributed by atoms with Gasteiger partial charge in [0.1, 0.15) is 5.69 Å². The zero-order valence-electron chi connectivity index (χ0n) is 12.0. The predicted molar refractivity (Wildman–Crippen MR) is 75.2 cm³/mol. The van der Waals surface area contributed by atoms with Crippen LogP contribution in [-0.4, -0.2) is 22.2 Å². The highest BCUT2D eigenvalue weighted by Crippen LogP contribution is 1.98. The number of amides is 1. The van der Waals surface area contributed by atoms with Crippen molar-refractivity contribution in [3.63, 3.8) is 0 Å². The van der Waals surface area contributed by atoms with Crippen LogP contribution in [0.1, 0.15) is 50.5 Å². The fraction of sp³-hybridized carbons (Fsp3) is 0.643. The fourth-order valence-corrected chi connectivity index (χ4v) is 1.60. The lowest BCUT2D eigenvalue weighted by Crippen LogP contribution is -2.30. The average molecular weight is 265 g/mol. The highest BCUT2D eigenvalue weighted by molar-refractivity contribution is 5.91. The molecule has 5 heteroatoms. The molecular weight excluding hydrogens is 242 g/mol. The number of rotatable bonds is 7. The normalized spacial score (nSPS) is 10.7. The maximum Gasteiger partial charge on any atom is 0.271 e. The van der Waals surface area contributed by atoms with Gasteiger partial charge in [-0.1, -0.05) is 27.2 Å². The summed E-state index contributed by atoms with van der Waals surface area (Å²) < 4.78 is 1.36. The largest absolute Gasteiger partial charge is 0.351 e. The van der Waals surface area contributed by atoms with Crippen LogP contribution in [0.4, 0.5) is 0 Å². The van der Waals surface area contributed by atoms with Crippen LogP contribution in [0.3, 0.4) is 0 Å². The molecule has 0 atom stereocenters. The van der Waals surface area contributed by atoms with Crippen molar-refractivity contribution in [2.24, 2.45) is 5.92 Å². The van der Waals surface area contributed by atoms with Crippen molar-refractivity contribution in [1.29, 1.82) is 0 Å². The first-order valence-corrected chi connectivity index (χ1v) is 6.91. The molecule has 1 aromatic heterocycles. The maximum atomic E-state index is 11.9. The Morgan fingerprint density at radius 2 is 2.16 bits per heavy atom. The van der Waals surface area contributed by atoms with E-state index in [4.69, 9.17) is 0 Å². The molecule has 1 N–H and O–H groups in total. The van der Waals surface area contributed by atoms with E-state index in [1.54, 1.807) is 0 Å². The Bertz CT molecular complexity index is 466. The molecule has 1 aromatic rings. The van der Waals surface area contributed by atoms with Gasteiger partial charge in [0.2, 0.25) is 0 Å². The number of hydrogen-bond donors (Lipinski definition) is 1. The van der Waals surface area contributed by atoms with Crippen LogP contribution in [0.25, 0.3) is 0 Å². The van der Waals surface area contributed by atoms with Gasteiger partial charge in [-0.15, -0.1) is 0 Å². The van der Waals surface area contributed by atoms with Crippen molar-refractivity contribution in [2.45, 2.75) is 46.6 Å². The molecule has 0 bridgehead atoms. The molecule has 0 aliphatic carbocycles. The third-order valence-electron chi connectivity index (χ3n) is 2.83. The highest BCUT2D eigenvalue weighted by atomic mass is 16.2. The molecule has 1 rings (SSSR count). The Labute approximate surface area is 114 Å². The molecule has 0 fully saturated rings. The fourth-order valence-electron chi connectivity index (χ4n) is 1.60. The number of aryl methyl sites for hydroxylation is 1. The van der Waals surface area contributed by atoms with Gasteiger partial charge in [-0.3, -0.25) is 9.59 Å². The van der Waals surface area contributed by atoms with Gasteiger partial charge in [-0.05, 0) is 24.8 Å². The van der Waals surface area contributed by atoms with E-state index >= 15 is 0 Å². The second-order valence-corrected chi connectivity index (χ2v) is 5.07. The zero-order chi connectivity index (χ0) is 14.3. The number of carbonyl (C=O) groups excluding carboxylic acids is 1. The predicted octanol–water partition coefficient (Wildman–Crippen LogP) is 1.82. The van der Waals surface area contributed by atoms with Crippen LogP contribution in [0.15, 0.2) is 16.9 Å². The number of nitrogens with zero attached hydrogens (tertiary/aromatic N) is 2. The topological polar surface area (TPSA) is 64.0 Å². The Morgan fingerprint density at radius 1 is 1.42 bits per heavy atom. The molecule has 5 nitrogen and oxygen atoms in total. The number of hydrogen-bond acceptors (Lipinski definition) is 3. The highest BCUT2D eigenvalue weighted by Gasteiger charge is 2.09. The monoisotopic (exact) mass is 265 g/mol.